The molecule has 0 aliphatic heterocycles. The lowest BCUT2D eigenvalue weighted by Gasteiger charge is -2.18. The van der Waals surface area contributed by atoms with E-state index >= 15 is 0 Å². The molecule has 0 bridgehead atoms. The number of nitrogens with one attached hydrogen (secondary N) is 1. The Morgan fingerprint density at radius 1 is 1.47 bits per heavy atom. The molecule has 0 fully saturated rings. The molecule has 17 heavy (non-hydrogen) atoms. The van der Waals surface area contributed by atoms with Crippen LogP contribution in [0.15, 0.2) is 16.6 Å². The van der Waals surface area contributed by atoms with Crippen molar-refractivity contribution in [3.63, 3.8) is 0 Å². The maximum atomic E-state index is 13.0. The van der Waals surface area contributed by atoms with Crippen molar-refractivity contribution in [1.29, 1.82) is 0 Å². The highest BCUT2D eigenvalue weighted by Crippen LogP contribution is 2.32. The number of rotatable bonds is 2. The Labute approximate surface area is 114 Å². The standard InChI is InChI=1S/C12H14BrClFNO/c1-12(2,3)6-10(17)16-11-8(13)4-7(15)5-9(11)14/h4-5H,6H2,1-3H3,(H,16,17). The van der Waals surface area contributed by atoms with Crippen LogP contribution in [0.3, 0.4) is 0 Å². The van der Waals surface area contributed by atoms with E-state index in [0.29, 0.717) is 16.6 Å². The Hall–Kier alpha value is -0.610. The van der Waals surface area contributed by atoms with Gasteiger partial charge in [0, 0.05) is 10.9 Å². The summed E-state index contributed by atoms with van der Waals surface area (Å²) in [4.78, 5) is 11.7. The second-order valence-corrected chi connectivity index (χ2v) is 6.29. The van der Waals surface area contributed by atoms with Crippen LogP contribution >= 0.6 is 27.5 Å². The molecule has 0 spiro atoms. The van der Waals surface area contributed by atoms with E-state index in [2.05, 4.69) is 21.2 Å². The van der Waals surface area contributed by atoms with Crippen LogP contribution in [0.2, 0.25) is 5.02 Å². The van der Waals surface area contributed by atoms with Crippen molar-refractivity contribution in [3.8, 4) is 0 Å². The van der Waals surface area contributed by atoms with E-state index in [1.54, 1.807) is 0 Å². The maximum Gasteiger partial charge on any atom is 0.224 e. The second-order valence-electron chi connectivity index (χ2n) is 5.03. The van der Waals surface area contributed by atoms with Gasteiger partial charge in [0.05, 0.1) is 10.7 Å². The van der Waals surface area contributed by atoms with Gasteiger partial charge in [0.2, 0.25) is 5.91 Å². The molecule has 2 nitrogen and oxygen atoms in total. The monoisotopic (exact) mass is 321 g/mol. The molecule has 1 aromatic rings. The Morgan fingerprint density at radius 3 is 2.53 bits per heavy atom. The molecule has 1 aromatic carbocycles. The number of hydrogen-bond acceptors (Lipinski definition) is 1. The summed E-state index contributed by atoms with van der Waals surface area (Å²) < 4.78 is 13.4. The van der Waals surface area contributed by atoms with E-state index in [4.69, 9.17) is 11.6 Å². The topological polar surface area (TPSA) is 29.1 Å². The Morgan fingerprint density at radius 2 is 2.06 bits per heavy atom. The van der Waals surface area contributed by atoms with Gasteiger partial charge in [-0.3, -0.25) is 4.79 Å². The third kappa shape index (κ3) is 4.64. The average Bonchev–Trinajstić information content (AvgIpc) is 2.08. The molecule has 0 aromatic heterocycles. The summed E-state index contributed by atoms with van der Waals surface area (Å²) in [6.07, 6.45) is 0.368. The lowest BCUT2D eigenvalue weighted by molar-refractivity contribution is -0.117. The fourth-order valence-corrected chi connectivity index (χ4v) is 2.23. The van der Waals surface area contributed by atoms with Gasteiger partial charge in [-0.25, -0.2) is 4.39 Å². The molecule has 0 aliphatic rings. The quantitative estimate of drug-likeness (QED) is 0.846. The van der Waals surface area contributed by atoms with Crippen LogP contribution in [-0.4, -0.2) is 5.91 Å². The summed E-state index contributed by atoms with van der Waals surface area (Å²) >= 11 is 9.03. The lowest BCUT2D eigenvalue weighted by atomic mass is 9.92. The fraction of sp³-hybridized carbons (Fsp3) is 0.417. The van der Waals surface area contributed by atoms with Crippen LogP contribution in [0.1, 0.15) is 27.2 Å². The van der Waals surface area contributed by atoms with E-state index in [1.165, 1.54) is 12.1 Å². The van der Waals surface area contributed by atoms with E-state index in [0.717, 1.165) is 0 Å². The van der Waals surface area contributed by atoms with Crippen molar-refractivity contribution in [1.82, 2.24) is 0 Å². The van der Waals surface area contributed by atoms with Crippen LogP contribution in [0.25, 0.3) is 0 Å². The van der Waals surface area contributed by atoms with Crippen molar-refractivity contribution in [3.05, 3.63) is 27.4 Å². The zero-order chi connectivity index (χ0) is 13.2. The van der Waals surface area contributed by atoms with Gasteiger partial charge in [-0.05, 0) is 33.5 Å². The normalized spacial score (nSPS) is 11.4. The van der Waals surface area contributed by atoms with Crippen LogP contribution in [0.5, 0.6) is 0 Å². The van der Waals surface area contributed by atoms with E-state index in [9.17, 15) is 9.18 Å². The van der Waals surface area contributed by atoms with Crippen molar-refractivity contribution in [2.75, 3.05) is 5.32 Å². The maximum absolute atomic E-state index is 13.0. The predicted molar refractivity (Wildman–Crippen MR) is 71.8 cm³/mol. The first-order valence-corrected chi connectivity index (χ1v) is 6.30. The number of benzene rings is 1. The van der Waals surface area contributed by atoms with Crippen molar-refractivity contribution < 1.29 is 9.18 Å². The number of halogens is 3. The molecule has 94 valence electrons. The zero-order valence-electron chi connectivity index (χ0n) is 9.90. The number of amides is 1. The molecular formula is C12H14BrClFNO. The first kappa shape index (κ1) is 14.5. The van der Waals surface area contributed by atoms with Gasteiger partial charge in [-0.1, -0.05) is 32.4 Å². The predicted octanol–water partition coefficient (Wildman–Crippen LogP) is 4.62. The average molecular weight is 323 g/mol. The summed E-state index contributed by atoms with van der Waals surface area (Å²) in [6.45, 7) is 5.90. The Kier molecular flexibility index (Phi) is 4.55. The van der Waals surface area contributed by atoms with Crippen molar-refractivity contribution >= 4 is 39.1 Å². The highest BCUT2D eigenvalue weighted by atomic mass is 79.9. The van der Waals surface area contributed by atoms with Crippen molar-refractivity contribution in [2.45, 2.75) is 27.2 Å². The van der Waals surface area contributed by atoms with Crippen LogP contribution < -0.4 is 5.32 Å². The van der Waals surface area contributed by atoms with E-state index in [-0.39, 0.29) is 16.3 Å². The van der Waals surface area contributed by atoms with E-state index < -0.39 is 5.82 Å². The van der Waals surface area contributed by atoms with Crippen LogP contribution in [-0.2, 0) is 4.79 Å². The third-order valence-corrected chi connectivity index (χ3v) is 2.89. The van der Waals surface area contributed by atoms with Crippen molar-refractivity contribution in [2.24, 2.45) is 5.41 Å². The van der Waals surface area contributed by atoms with Crippen LogP contribution in [0.4, 0.5) is 10.1 Å². The molecule has 1 N–H and O–H groups in total. The Bertz CT molecular complexity index is 420. The SMILES string of the molecule is CC(C)(C)CC(=O)Nc1c(Cl)cc(F)cc1Br. The molecule has 0 aliphatic carbocycles. The third-order valence-electron chi connectivity index (χ3n) is 1.96. The number of carbonyl (C=O) groups is 1. The van der Waals surface area contributed by atoms with E-state index in [1.807, 2.05) is 20.8 Å². The lowest BCUT2D eigenvalue weighted by Crippen LogP contribution is -2.20. The van der Waals surface area contributed by atoms with Gasteiger partial charge in [0.1, 0.15) is 5.82 Å². The molecule has 1 rings (SSSR count). The molecule has 0 heterocycles. The zero-order valence-corrected chi connectivity index (χ0v) is 12.2. The Balaban J connectivity index is 2.86. The number of anilines is 1. The number of hydrogen-bond donors (Lipinski definition) is 1. The van der Waals surface area contributed by atoms with Gasteiger partial charge in [0.25, 0.3) is 0 Å². The van der Waals surface area contributed by atoms with Gasteiger partial charge < -0.3 is 5.32 Å². The van der Waals surface area contributed by atoms with Gasteiger partial charge >= 0.3 is 0 Å². The minimum atomic E-state index is -0.448. The molecule has 5 heteroatoms. The van der Waals surface area contributed by atoms with Gasteiger partial charge in [-0.15, -0.1) is 0 Å². The van der Waals surface area contributed by atoms with Gasteiger partial charge in [-0.2, -0.15) is 0 Å². The summed E-state index contributed by atoms with van der Waals surface area (Å²) in [5.74, 6) is -0.595. The first-order valence-electron chi connectivity index (χ1n) is 5.13. The van der Waals surface area contributed by atoms with Gasteiger partial charge in [0.15, 0.2) is 0 Å². The summed E-state index contributed by atoms with van der Waals surface area (Å²) in [7, 11) is 0. The molecule has 0 saturated carbocycles. The molecule has 0 radical (unpaired) electrons. The molecule has 0 saturated heterocycles. The molecule has 1 amide bonds. The highest BCUT2D eigenvalue weighted by Gasteiger charge is 2.18. The minimum Gasteiger partial charge on any atom is -0.324 e. The fourth-order valence-electron chi connectivity index (χ4n) is 1.33. The molecule has 0 atom stereocenters. The van der Waals surface area contributed by atoms with Crippen LogP contribution in [0, 0.1) is 11.2 Å². The number of carbonyl (C=O) groups excluding carboxylic acids is 1. The summed E-state index contributed by atoms with van der Waals surface area (Å²) in [5.41, 5.74) is 0.297. The molecular weight excluding hydrogens is 308 g/mol. The molecule has 0 unspecified atom stereocenters. The summed E-state index contributed by atoms with van der Waals surface area (Å²) in [6, 6.07) is 2.43. The smallest absolute Gasteiger partial charge is 0.224 e. The first-order chi connectivity index (χ1) is 7.69. The minimum absolute atomic E-state index is 0.108. The largest absolute Gasteiger partial charge is 0.324 e. The highest BCUT2D eigenvalue weighted by molar-refractivity contribution is 9.10. The summed E-state index contributed by atoms with van der Waals surface area (Å²) in [5, 5.41) is 2.86. The second kappa shape index (κ2) is 5.36.